The first-order valence-corrected chi connectivity index (χ1v) is 9.14. The van der Waals surface area contributed by atoms with Crippen LogP contribution in [0.5, 0.6) is 0 Å². The predicted molar refractivity (Wildman–Crippen MR) is 97.4 cm³/mol. The standard InChI is InChI=1S/C20H17F3N4O2/c21-20(22,23)15-6-1-4-13(10-15)18(28)14-5-2-8-26(12-14)19(29)16-11-17-24-7-3-9-27(17)25-16/h1,3-4,6-7,9-11,14H,2,5,8,12H2/t14-/m0/s1. The average Bonchev–Trinajstić information content (AvgIpc) is 3.16. The van der Waals surface area contributed by atoms with Crippen LogP contribution in [-0.4, -0.2) is 44.3 Å². The lowest BCUT2D eigenvalue weighted by molar-refractivity contribution is -0.137. The van der Waals surface area contributed by atoms with Crippen LogP contribution in [-0.2, 0) is 6.18 Å². The molecule has 1 aliphatic heterocycles. The molecule has 1 saturated heterocycles. The lowest BCUT2D eigenvalue weighted by atomic mass is 9.89. The van der Waals surface area contributed by atoms with Gasteiger partial charge in [-0.05, 0) is 31.0 Å². The minimum atomic E-state index is -4.51. The van der Waals surface area contributed by atoms with Gasteiger partial charge < -0.3 is 4.90 Å². The molecule has 0 unspecified atom stereocenters. The van der Waals surface area contributed by atoms with Gasteiger partial charge in [0.2, 0.25) is 0 Å². The molecule has 9 heteroatoms. The number of benzene rings is 1. The van der Waals surface area contributed by atoms with Crippen LogP contribution in [0.15, 0.2) is 48.8 Å². The average molecular weight is 402 g/mol. The zero-order valence-electron chi connectivity index (χ0n) is 15.3. The Kier molecular flexibility index (Phi) is 4.81. The summed E-state index contributed by atoms with van der Waals surface area (Å²) >= 11 is 0. The van der Waals surface area contributed by atoms with Gasteiger partial charge in [-0.1, -0.05) is 12.1 Å². The Morgan fingerprint density at radius 2 is 1.97 bits per heavy atom. The van der Waals surface area contributed by atoms with Crippen molar-refractivity contribution in [2.75, 3.05) is 13.1 Å². The number of amides is 1. The number of hydrogen-bond donors (Lipinski definition) is 0. The van der Waals surface area contributed by atoms with Gasteiger partial charge in [0.25, 0.3) is 5.91 Å². The normalized spacial score (nSPS) is 17.5. The first kappa shape index (κ1) is 19.1. The van der Waals surface area contributed by atoms with E-state index in [-0.39, 0.29) is 29.5 Å². The van der Waals surface area contributed by atoms with Gasteiger partial charge in [-0.2, -0.15) is 18.3 Å². The molecular weight excluding hydrogens is 385 g/mol. The molecule has 0 spiro atoms. The number of rotatable bonds is 3. The lowest BCUT2D eigenvalue weighted by Gasteiger charge is -2.31. The molecule has 2 aromatic heterocycles. The van der Waals surface area contributed by atoms with Crippen molar-refractivity contribution >= 4 is 17.3 Å². The molecule has 150 valence electrons. The van der Waals surface area contributed by atoms with E-state index in [1.807, 2.05) is 0 Å². The van der Waals surface area contributed by atoms with Crippen molar-refractivity contribution in [3.63, 3.8) is 0 Å². The molecule has 1 fully saturated rings. The molecule has 0 N–H and O–H groups in total. The van der Waals surface area contributed by atoms with Crippen molar-refractivity contribution in [2.45, 2.75) is 19.0 Å². The van der Waals surface area contributed by atoms with Crippen molar-refractivity contribution in [3.8, 4) is 0 Å². The van der Waals surface area contributed by atoms with E-state index in [0.29, 0.717) is 25.0 Å². The Morgan fingerprint density at radius 1 is 1.14 bits per heavy atom. The number of halogens is 3. The molecule has 29 heavy (non-hydrogen) atoms. The number of ketones is 1. The summed E-state index contributed by atoms with van der Waals surface area (Å²) in [6, 6.07) is 7.68. The molecule has 0 saturated carbocycles. The van der Waals surface area contributed by atoms with Gasteiger partial charge in [0.1, 0.15) is 0 Å². The van der Waals surface area contributed by atoms with E-state index in [0.717, 1.165) is 12.1 Å². The highest BCUT2D eigenvalue weighted by molar-refractivity contribution is 5.99. The minimum absolute atomic E-state index is 0.0102. The van der Waals surface area contributed by atoms with Crippen LogP contribution in [0, 0.1) is 5.92 Å². The molecule has 0 aliphatic carbocycles. The number of fused-ring (bicyclic) bond motifs is 1. The summed E-state index contributed by atoms with van der Waals surface area (Å²) in [4.78, 5) is 31.3. The van der Waals surface area contributed by atoms with E-state index < -0.39 is 17.7 Å². The highest BCUT2D eigenvalue weighted by Crippen LogP contribution is 2.31. The van der Waals surface area contributed by atoms with Crippen molar-refractivity contribution in [3.05, 3.63) is 65.6 Å². The summed E-state index contributed by atoms with van der Waals surface area (Å²) in [5.74, 6) is -1.26. The number of alkyl halides is 3. The lowest BCUT2D eigenvalue weighted by Crippen LogP contribution is -2.42. The van der Waals surface area contributed by atoms with Gasteiger partial charge in [0, 0.05) is 43.0 Å². The van der Waals surface area contributed by atoms with Crippen molar-refractivity contribution < 1.29 is 22.8 Å². The maximum atomic E-state index is 12.9. The molecule has 3 aromatic rings. The summed E-state index contributed by atoms with van der Waals surface area (Å²) in [5.41, 5.74) is -0.0966. The number of carbonyl (C=O) groups excluding carboxylic acids is 2. The van der Waals surface area contributed by atoms with Gasteiger partial charge >= 0.3 is 6.18 Å². The molecule has 1 amide bonds. The Hall–Kier alpha value is -3.23. The fourth-order valence-electron chi connectivity index (χ4n) is 3.56. The second-order valence-electron chi connectivity index (χ2n) is 6.99. The number of piperidine rings is 1. The number of Topliss-reactive ketones (excluding diaryl/α,β-unsaturated/α-hetero) is 1. The quantitative estimate of drug-likeness (QED) is 0.629. The molecule has 0 bridgehead atoms. The topological polar surface area (TPSA) is 67.6 Å². The van der Waals surface area contributed by atoms with Crippen LogP contribution in [0.3, 0.4) is 0 Å². The molecule has 6 nitrogen and oxygen atoms in total. The monoisotopic (exact) mass is 402 g/mol. The molecule has 0 radical (unpaired) electrons. The number of aromatic nitrogens is 3. The van der Waals surface area contributed by atoms with E-state index in [1.165, 1.54) is 21.5 Å². The molecule has 1 atom stereocenters. The van der Waals surface area contributed by atoms with E-state index in [4.69, 9.17) is 0 Å². The summed E-state index contributed by atoms with van der Waals surface area (Å²) < 4.78 is 40.3. The summed E-state index contributed by atoms with van der Waals surface area (Å²) in [5, 5.41) is 4.21. The van der Waals surface area contributed by atoms with Crippen LogP contribution < -0.4 is 0 Å². The maximum absolute atomic E-state index is 12.9. The Morgan fingerprint density at radius 3 is 2.72 bits per heavy atom. The van der Waals surface area contributed by atoms with Crippen molar-refractivity contribution in [2.24, 2.45) is 5.92 Å². The first-order chi connectivity index (χ1) is 13.8. The third kappa shape index (κ3) is 3.85. The number of likely N-dealkylation sites (tertiary alicyclic amines) is 1. The van der Waals surface area contributed by atoms with Gasteiger partial charge in [-0.15, -0.1) is 0 Å². The van der Waals surface area contributed by atoms with Crippen LogP contribution in [0.1, 0.15) is 39.3 Å². The fourth-order valence-corrected chi connectivity index (χ4v) is 3.56. The highest BCUT2D eigenvalue weighted by atomic mass is 19.4. The predicted octanol–water partition coefficient (Wildman–Crippen LogP) is 3.48. The number of hydrogen-bond acceptors (Lipinski definition) is 4. The molecular formula is C20H17F3N4O2. The van der Waals surface area contributed by atoms with Gasteiger partial charge in [-0.3, -0.25) is 9.59 Å². The Bertz CT molecular complexity index is 1040. The Labute approximate surface area is 164 Å². The fraction of sp³-hybridized carbons (Fsp3) is 0.300. The van der Waals surface area contributed by atoms with E-state index in [9.17, 15) is 22.8 Å². The SMILES string of the molecule is O=C(c1cccc(C(F)(F)F)c1)[C@H]1CCCN(C(=O)c2cc3ncccn3n2)C1. The number of carbonyl (C=O) groups is 2. The Balaban J connectivity index is 1.52. The van der Waals surface area contributed by atoms with Crippen LogP contribution >= 0.6 is 0 Å². The number of nitrogens with zero attached hydrogens (tertiary/aromatic N) is 4. The van der Waals surface area contributed by atoms with E-state index >= 15 is 0 Å². The summed E-state index contributed by atoms with van der Waals surface area (Å²) in [7, 11) is 0. The molecule has 1 aromatic carbocycles. The highest BCUT2D eigenvalue weighted by Gasteiger charge is 2.33. The molecule has 4 rings (SSSR count). The maximum Gasteiger partial charge on any atom is 0.416 e. The van der Waals surface area contributed by atoms with Crippen LogP contribution in [0.2, 0.25) is 0 Å². The van der Waals surface area contributed by atoms with Gasteiger partial charge in [0.15, 0.2) is 17.1 Å². The van der Waals surface area contributed by atoms with Crippen molar-refractivity contribution in [1.29, 1.82) is 0 Å². The van der Waals surface area contributed by atoms with E-state index in [2.05, 4.69) is 10.1 Å². The molecule has 1 aliphatic rings. The third-order valence-electron chi connectivity index (χ3n) is 5.01. The van der Waals surface area contributed by atoms with Crippen molar-refractivity contribution in [1.82, 2.24) is 19.5 Å². The van der Waals surface area contributed by atoms with Gasteiger partial charge in [-0.25, -0.2) is 9.50 Å². The van der Waals surface area contributed by atoms with Crippen LogP contribution in [0.25, 0.3) is 5.65 Å². The largest absolute Gasteiger partial charge is 0.416 e. The zero-order valence-corrected chi connectivity index (χ0v) is 15.3. The second kappa shape index (κ2) is 7.31. The zero-order chi connectivity index (χ0) is 20.6. The minimum Gasteiger partial charge on any atom is -0.337 e. The smallest absolute Gasteiger partial charge is 0.337 e. The summed E-state index contributed by atoms with van der Waals surface area (Å²) in [6.07, 6.45) is -0.133. The van der Waals surface area contributed by atoms with E-state index in [1.54, 1.807) is 24.5 Å². The second-order valence-corrected chi connectivity index (χ2v) is 6.99. The van der Waals surface area contributed by atoms with Gasteiger partial charge in [0.05, 0.1) is 5.56 Å². The summed E-state index contributed by atoms with van der Waals surface area (Å²) in [6.45, 7) is 0.613. The van der Waals surface area contributed by atoms with Crippen LogP contribution in [0.4, 0.5) is 13.2 Å². The first-order valence-electron chi connectivity index (χ1n) is 9.14. The third-order valence-corrected chi connectivity index (χ3v) is 5.01. The molecule has 3 heterocycles.